The van der Waals surface area contributed by atoms with E-state index in [-0.39, 0.29) is 0 Å². The fourth-order valence-corrected chi connectivity index (χ4v) is 2.41. The second kappa shape index (κ2) is 4.67. The van der Waals surface area contributed by atoms with E-state index >= 15 is 0 Å². The second-order valence-corrected chi connectivity index (χ2v) is 4.43. The molecule has 6 heteroatoms. The molecule has 0 aromatic carbocycles. The highest BCUT2D eigenvalue weighted by atomic mass is 32.2. The van der Waals surface area contributed by atoms with Crippen molar-refractivity contribution in [3.63, 3.8) is 0 Å². The molecule has 0 radical (unpaired) electrons. The van der Waals surface area contributed by atoms with Gasteiger partial charge in [-0.25, -0.2) is 9.97 Å². The molecule has 82 valence electrons. The summed E-state index contributed by atoms with van der Waals surface area (Å²) in [5, 5.41) is 0.628. The van der Waals surface area contributed by atoms with E-state index in [1.165, 1.54) is 11.8 Å². The normalized spacial score (nSPS) is 20.7. The molecule has 0 aliphatic carbocycles. The summed E-state index contributed by atoms with van der Waals surface area (Å²) in [7, 11) is 0. The Morgan fingerprint density at radius 2 is 2.13 bits per heavy atom. The zero-order valence-electron chi connectivity index (χ0n) is 8.35. The van der Waals surface area contributed by atoms with Crippen LogP contribution in [0.2, 0.25) is 0 Å². The number of hydrogen-bond donors (Lipinski definition) is 2. The smallest absolute Gasteiger partial charge is 0.191 e. The Hall–Kier alpha value is -1.01. The van der Waals surface area contributed by atoms with Crippen molar-refractivity contribution in [2.45, 2.75) is 24.1 Å². The average Bonchev–Trinajstić information content (AvgIpc) is 2.65. The van der Waals surface area contributed by atoms with Gasteiger partial charge in [0.1, 0.15) is 11.6 Å². The third-order valence-electron chi connectivity index (χ3n) is 2.17. The van der Waals surface area contributed by atoms with E-state index in [0.717, 1.165) is 25.2 Å². The minimum atomic E-state index is 0.321. The van der Waals surface area contributed by atoms with E-state index < -0.39 is 0 Å². The molecule has 1 atom stereocenters. The molecule has 5 nitrogen and oxygen atoms in total. The fraction of sp³-hybridized carbons (Fsp3) is 0.556. The minimum Gasteiger partial charge on any atom is -0.383 e. The van der Waals surface area contributed by atoms with Crippen molar-refractivity contribution in [3.05, 3.63) is 6.07 Å². The lowest BCUT2D eigenvalue weighted by molar-refractivity contribution is 0.129. The third kappa shape index (κ3) is 2.97. The fourth-order valence-electron chi connectivity index (χ4n) is 1.47. The summed E-state index contributed by atoms with van der Waals surface area (Å²) in [5.74, 6) is 1.69. The molecular weight excluding hydrogens is 212 g/mol. The van der Waals surface area contributed by atoms with Crippen molar-refractivity contribution in [3.8, 4) is 0 Å². The number of nitrogens with zero attached hydrogens (tertiary/aromatic N) is 2. The summed E-state index contributed by atoms with van der Waals surface area (Å²) in [6.45, 7) is 0.866. The summed E-state index contributed by atoms with van der Waals surface area (Å²) in [6.07, 6.45) is 2.58. The molecule has 1 aromatic heterocycles. The third-order valence-corrected chi connectivity index (χ3v) is 3.15. The van der Waals surface area contributed by atoms with Gasteiger partial charge in [0.2, 0.25) is 0 Å². The topological polar surface area (TPSA) is 87.1 Å². The molecule has 4 N–H and O–H groups in total. The van der Waals surface area contributed by atoms with E-state index in [1.54, 1.807) is 6.07 Å². The van der Waals surface area contributed by atoms with E-state index in [2.05, 4.69) is 9.97 Å². The Morgan fingerprint density at radius 3 is 2.73 bits per heavy atom. The molecule has 1 aliphatic rings. The first-order valence-corrected chi connectivity index (χ1v) is 5.87. The van der Waals surface area contributed by atoms with E-state index in [9.17, 15) is 0 Å². The molecular formula is C9H14N4OS. The highest BCUT2D eigenvalue weighted by molar-refractivity contribution is 7.99. The summed E-state index contributed by atoms with van der Waals surface area (Å²) < 4.78 is 5.50. The van der Waals surface area contributed by atoms with Gasteiger partial charge in [-0.2, -0.15) is 0 Å². The van der Waals surface area contributed by atoms with Gasteiger partial charge in [-0.05, 0) is 12.8 Å². The first-order chi connectivity index (χ1) is 7.24. The van der Waals surface area contributed by atoms with E-state index in [1.807, 2.05) is 0 Å². The van der Waals surface area contributed by atoms with Crippen molar-refractivity contribution >= 4 is 23.4 Å². The summed E-state index contributed by atoms with van der Waals surface area (Å²) in [6, 6.07) is 1.55. The molecule has 1 fully saturated rings. The van der Waals surface area contributed by atoms with Crippen molar-refractivity contribution < 1.29 is 4.74 Å². The van der Waals surface area contributed by atoms with Crippen LogP contribution in [0.25, 0.3) is 0 Å². The lowest BCUT2D eigenvalue weighted by Gasteiger charge is -2.07. The first-order valence-electron chi connectivity index (χ1n) is 4.88. The number of anilines is 2. The second-order valence-electron chi connectivity index (χ2n) is 3.45. The number of rotatable bonds is 3. The maximum Gasteiger partial charge on any atom is 0.191 e. The van der Waals surface area contributed by atoms with Crippen molar-refractivity contribution in [1.29, 1.82) is 0 Å². The Bertz CT molecular complexity index is 321. The lowest BCUT2D eigenvalue weighted by Crippen LogP contribution is -2.09. The molecule has 0 spiro atoms. The molecule has 0 saturated carbocycles. The average molecular weight is 226 g/mol. The van der Waals surface area contributed by atoms with Crippen LogP contribution < -0.4 is 11.5 Å². The van der Waals surface area contributed by atoms with Crippen molar-refractivity contribution in [1.82, 2.24) is 9.97 Å². The van der Waals surface area contributed by atoms with Gasteiger partial charge in [0.05, 0.1) is 6.10 Å². The van der Waals surface area contributed by atoms with Gasteiger partial charge in [0, 0.05) is 18.4 Å². The predicted molar refractivity (Wildman–Crippen MR) is 60.6 cm³/mol. The molecule has 1 aromatic rings. The molecule has 1 unspecified atom stereocenters. The van der Waals surface area contributed by atoms with Gasteiger partial charge in [-0.3, -0.25) is 0 Å². The van der Waals surface area contributed by atoms with E-state index in [4.69, 9.17) is 16.2 Å². The highest BCUT2D eigenvalue weighted by Gasteiger charge is 2.16. The Balaban J connectivity index is 1.92. The van der Waals surface area contributed by atoms with Crippen LogP contribution in [-0.4, -0.2) is 28.4 Å². The summed E-state index contributed by atoms with van der Waals surface area (Å²) in [4.78, 5) is 8.18. The van der Waals surface area contributed by atoms with Gasteiger partial charge in [0.25, 0.3) is 0 Å². The standard InChI is InChI=1S/C9H14N4OS/c10-7-4-8(11)13-9(12-7)15-5-6-2-1-3-14-6/h4,6H,1-3,5H2,(H4,10,11,12,13). The molecule has 1 aliphatic heterocycles. The van der Waals surface area contributed by atoms with Gasteiger partial charge in [-0.1, -0.05) is 11.8 Å². The van der Waals surface area contributed by atoms with Crippen molar-refractivity contribution in [2.24, 2.45) is 0 Å². The van der Waals surface area contributed by atoms with Crippen LogP contribution in [0.15, 0.2) is 11.2 Å². The molecule has 0 bridgehead atoms. The summed E-state index contributed by atoms with van der Waals surface area (Å²) in [5.41, 5.74) is 11.1. The SMILES string of the molecule is Nc1cc(N)nc(SCC2CCCO2)n1. The zero-order chi connectivity index (χ0) is 10.7. The van der Waals surface area contributed by atoms with Gasteiger partial charge >= 0.3 is 0 Å². The van der Waals surface area contributed by atoms with Crippen LogP contribution in [0.5, 0.6) is 0 Å². The van der Waals surface area contributed by atoms with Crippen LogP contribution >= 0.6 is 11.8 Å². The first kappa shape index (κ1) is 10.5. The maximum atomic E-state index is 5.57. The maximum absolute atomic E-state index is 5.57. The molecule has 1 saturated heterocycles. The molecule has 2 rings (SSSR count). The number of nitrogen functional groups attached to an aromatic ring is 2. The van der Waals surface area contributed by atoms with Crippen LogP contribution in [-0.2, 0) is 4.74 Å². The number of thioether (sulfide) groups is 1. The molecule has 0 amide bonds. The van der Waals surface area contributed by atoms with Crippen molar-refractivity contribution in [2.75, 3.05) is 23.8 Å². The monoisotopic (exact) mass is 226 g/mol. The molecule has 15 heavy (non-hydrogen) atoms. The van der Waals surface area contributed by atoms with Crippen LogP contribution in [0.1, 0.15) is 12.8 Å². The number of ether oxygens (including phenoxy) is 1. The van der Waals surface area contributed by atoms with Gasteiger partial charge in [-0.15, -0.1) is 0 Å². The number of nitrogens with two attached hydrogens (primary N) is 2. The van der Waals surface area contributed by atoms with Gasteiger partial charge in [0.15, 0.2) is 5.16 Å². The number of aromatic nitrogens is 2. The lowest BCUT2D eigenvalue weighted by atomic mass is 10.3. The predicted octanol–water partition coefficient (Wildman–Crippen LogP) is 0.912. The zero-order valence-corrected chi connectivity index (χ0v) is 9.17. The quantitative estimate of drug-likeness (QED) is 0.588. The van der Waals surface area contributed by atoms with Crippen LogP contribution in [0, 0.1) is 0 Å². The largest absolute Gasteiger partial charge is 0.383 e. The Morgan fingerprint density at radius 1 is 1.40 bits per heavy atom. The van der Waals surface area contributed by atoms with Crippen LogP contribution in [0.4, 0.5) is 11.6 Å². The highest BCUT2D eigenvalue weighted by Crippen LogP contribution is 2.22. The Labute approximate surface area is 92.6 Å². The number of hydrogen-bond acceptors (Lipinski definition) is 6. The Kier molecular flexibility index (Phi) is 3.27. The summed E-state index contributed by atoms with van der Waals surface area (Å²) >= 11 is 1.54. The minimum absolute atomic E-state index is 0.321. The van der Waals surface area contributed by atoms with Gasteiger partial charge < -0.3 is 16.2 Å². The van der Waals surface area contributed by atoms with Crippen LogP contribution in [0.3, 0.4) is 0 Å². The van der Waals surface area contributed by atoms with E-state index in [0.29, 0.717) is 22.9 Å². The molecule has 2 heterocycles.